The van der Waals surface area contributed by atoms with Crippen LogP contribution in [0.15, 0.2) is 54.0 Å². The summed E-state index contributed by atoms with van der Waals surface area (Å²) in [5, 5.41) is -0.631. The van der Waals surface area contributed by atoms with Crippen LogP contribution in [0.3, 0.4) is 0 Å². The molecule has 0 unspecified atom stereocenters. The zero-order valence-corrected chi connectivity index (χ0v) is 15.3. The average molecular weight is 399 g/mol. The van der Waals surface area contributed by atoms with E-state index in [9.17, 15) is 26.4 Å². The van der Waals surface area contributed by atoms with Gasteiger partial charge in [0.05, 0.1) is 16.8 Å². The lowest BCUT2D eigenvalue weighted by molar-refractivity contribution is -0.137. The normalized spacial score (nSPS) is 11.9. The number of hydrogen-bond donors (Lipinski definition) is 0. The zero-order valence-electron chi connectivity index (χ0n) is 14.5. The highest BCUT2D eigenvalue weighted by atomic mass is 32.2. The van der Waals surface area contributed by atoms with Crippen molar-refractivity contribution in [1.29, 1.82) is 0 Å². The maximum Gasteiger partial charge on any atom is 0.417 e. The van der Waals surface area contributed by atoms with Gasteiger partial charge in [-0.15, -0.1) is 0 Å². The van der Waals surface area contributed by atoms with Gasteiger partial charge < -0.3 is 4.90 Å². The Morgan fingerprint density at radius 1 is 1.30 bits per heavy atom. The van der Waals surface area contributed by atoms with Gasteiger partial charge in [-0.3, -0.25) is 9.78 Å². The first-order chi connectivity index (χ1) is 12.4. The molecule has 27 heavy (non-hydrogen) atoms. The van der Waals surface area contributed by atoms with Crippen LogP contribution in [0, 0.1) is 0 Å². The molecule has 2 aromatic rings. The molecule has 2 heterocycles. The number of rotatable bonds is 5. The number of aromatic nitrogens is 2. The smallest absolute Gasteiger partial charge is 0.301 e. The Hall–Kier alpha value is -2.75. The Labute approximate surface area is 154 Å². The fourth-order valence-corrected chi connectivity index (χ4v) is 3.05. The molecule has 0 spiro atoms. The van der Waals surface area contributed by atoms with Crippen LogP contribution in [0.4, 0.5) is 18.9 Å². The largest absolute Gasteiger partial charge is 0.417 e. The number of halogens is 3. The summed E-state index contributed by atoms with van der Waals surface area (Å²) in [4.78, 5) is 21.0. The summed E-state index contributed by atoms with van der Waals surface area (Å²) in [6.07, 6.45) is -0.875. The lowest BCUT2D eigenvalue weighted by atomic mass is 10.2. The zero-order chi connectivity index (χ0) is 20.4. The van der Waals surface area contributed by atoms with Crippen molar-refractivity contribution in [3.8, 4) is 0 Å². The predicted molar refractivity (Wildman–Crippen MR) is 93.1 cm³/mol. The molecule has 144 valence electrons. The van der Waals surface area contributed by atoms with E-state index in [-0.39, 0.29) is 12.1 Å². The molecule has 0 N–H and O–H groups in total. The van der Waals surface area contributed by atoms with Crippen LogP contribution in [0.1, 0.15) is 22.8 Å². The van der Waals surface area contributed by atoms with Gasteiger partial charge in [-0.1, -0.05) is 12.2 Å². The third-order valence-corrected chi connectivity index (χ3v) is 4.40. The Kier molecular flexibility index (Phi) is 5.69. The average Bonchev–Trinajstić information content (AvgIpc) is 2.57. The summed E-state index contributed by atoms with van der Waals surface area (Å²) >= 11 is 0. The monoisotopic (exact) mass is 399 g/mol. The van der Waals surface area contributed by atoms with Gasteiger partial charge in [0, 0.05) is 31.4 Å². The summed E-state index contributed by atoms with van der Waals surface area (Å²) in [6.45, 7) is 5.02. The van der Waals surface area contributed by atoms with E-state index in [1.807, 2.05) is 0 Å². The number of sulfone groups is 1. The molecule has 0 radical (unpaired) electrons. The molecule has 0 aromatic carbocycles. The number of carbonyl (C=O) groups excluding carboxylic acids is 1. The van der Waals surface area contributed by atoms with Crippen molar-refractivity contribution in [2.24, 2.45) is 0 Å². The van der Waals surface area contributed by atoms with Crippen LogP contribution >= 0.6 is 0 Å². The van der Waals surface area contributed by atoms with E-state index >= 15 is 0 Å². The third kappa shape index (κ3) is 4.91. The molecular weight excluding hydrogens is 383 g/mol. The SMILES string of the molecule is C=C(C)CN(C(=O)c1cccnc1)c1cc(C(F)(F)F)cnc1S(C)(=O)=O. The molecule has 6 nitrogen and oxygen atoms in total. The summed E-state index contributed by atoms with van der Waals surface area (Å²) in [7, 11) is -4.01. The first-order valence-corrected chi connectivity index (χ1v) is 9.44. The second-order valence-electron chi connectivity index (χ2n) is 5.91. The number of carbonyl (C=O) groups is 1. The van der Waals surface area contributed by atoms with Crippen LogP contribution < -0.4 is 4.90 Å². The van der Waals surface area contributed by atoms with Gasteiger partial charge in [0.2, 0.25) is 0 Å². The van der Waals surface area contributed by atoms with Crippen molar-refractivity contribution in [1.82, 2.24) is 9.97 Å². The number of anilines is 1. The highest BCUT2D eigenvalue weighted by Gasteiger charge is 2.34. The number of pyridine rings is 2. The molecule has 2 rings (SSSR count). The molecule has 0 atom stereocenters. The molecule has 0 bridgehead atoms. The Morgan fingerprint density at radius 3 is 2.44 bits per heavy atom. The molecule has 0 fully saturated rings. The van der Waals surface area contributed by atoms with E-state index in [1.54, 1.807) is 6.92 Å². The molecule has 2 aromatic heterocycles. The van der Waals surface area contributed by atoms with E-state index in [4.69, 9.17) is 0 Å². The maximum atomic E-state index is 13.1. The lowest BCUT2D eigenvalue weighted by Gasteiger charge is -2.25. The first kappa shape index (κ1) is 20.6. The van der Waals surface area contributed by atoms with Gasteiger partial charge in [0.25, 0.3) is 5.91 Å². The summed E-state index contributed by atoms with van der Waals surface area (Å²) in [5.74, 6) is -0.725. The van der Waals surface area contributed by atoms with Crippen LogP contribution in [-0.4, -0.2) is 37.1 Å². The van der Waals surface area contributed by atoms with Gasteiger partial charge in [0.15, 0.2) is 14.9 Å². The van der Waals surface area contributed by atoms with E-state index in [1.165, 1.54) is 24.5 Å². The van der Waals surface area contributed by atoms with Gasteiger partial charge in [0.1, 0.15) is 0 Å². The summed E-state index contributed by atoms with van der Waals surface area (Å²) in [5.41, 5.74) is -1.13. The van der Waals surface area contributed by atoms with Crippen LogP contribution in [-0.2, 0) is 16.0 Å². The molecule has 0 aliphatic heterocycles. The molecule has 0 aliphatic carbocycles. The van der Waals surface area contributed by atoms with Gasteiger partial charge in [-0.25, -0.2) is 13.4 Å². The molecule has 0 aliphatic rings. The Balaban J connectivity index is 2.73. The van der Waals surface area contributed by atoms with E-state index in [0.29, 0.717) is 17.8 Å². The topological polar surface area (TPSA) is 80.2 Å². The Bertz CT molecular complexity index is 974. The number of nitrogens with zero attached hydrogens (tertiary/aromatic N) is 3. The first-order valence-electron chi connectivity index (χ1n) is 7.55. The van der Waals surface area contributed by atoms with Crippen molar-refractivity contribution >= 4 is 21.4 Å². The Morgan fingerprint density at radius 2 is 1.96 bits per heavy atom. The summed E-state index contributed by atoms with van der Waals surface area (Å²) in [6, 6.07) is 3.50. The molecule has 0 saturated carbocycles. The molecule has 1 amide bonds. The van der Waals surface area contributed by atoms with E-state index in [0.717, 1.165) is 11.2 Å². The minimum Gasteiger partial charge on any atom is -0.301 e. The predicted octanol–water partition coefficient (Wildman–Crippen LogP) is 3.12. The van der Waals surface area contributed by atoms with Crippen LogP contribution in [0.5, 0.6) is 0 Å². The minimum atomic E-state index is -4.76. The number of amides is 1. The van der Waals surface area contributed by atoms with Crippen molar-refractivity contribution in [2.75, 3.05) is 17.7 Å². The lowest BCUT2D eigenvalue weighted by Crippen LogP contribution is -2.34. The van der Waals surface area contributed by atoms with Gasteiger partial charge in [-0.2, -0.15) is 13.2 Å². The van der Waals surface area contributed by atoms with Crippen LogP contribution in [0.25, 0.3) is 0 Å². The van der Waals surface area contributed by atoms with Crippen molar-refractivity contribution in [2.45, 2.75) is 18.1 Å². The third-order valence-electron chi connectivity index (χ3n) is 3.38. The van der Waals surface area contributed by atoms with E-state index in [2.05, 4.69) is 16.5 Å². The fraction of sp³-hybridized carbons (Fsp3) is 0.235. The number of hydrogen-bond acceptors (Lipinski definition) is 5. The second kappa shape index (κ2) is 7.47. The van der Waals surface area contributed by atoms with Gasteiger partial charge >= 0.3 is 6.18 Å². The minimum absolute atomic E-state index is 0.0793. The van der Waals surface area contributed by atoms with Gasteiger partial charge in [-0.05, 0) is 25.1 Å². The number of alkyl halides is 3. The maximum absolute atomic E-state index is 13.1. The highest BCUT2D eigenvalue weighted by Crippen LogP contribution is 2.34. The van der Waals surface area contributed by atoms with Crippen molar-refractivity contribution in [3.63, 3.8) is 0 Å². The molecule has 10 heteroatoms. The van der Waals surface area contributed by atoms with Crippen molar-refractivity contribution in [3.05, 3.63) is 60.1 Å². The molecular formula is C17H16F3N3O3S. The fourth-order valence-electron chi connectivity index (χ4n) is 2.26. The highest BCUT2D eigenvalue weighted by molar-refractivity contribution is 7.90. The second-order valence-corrected chi connectivity index (χ2v) is 7.84. The summed E-state index contributed by atoms with van der Waals surface area (Å²) < 4.78 is 63.5. The standard InChI is InChI=1S/C17H16F3N3O3S/c1-11(2)10-23(16(24)12-5-4-6-21-8-12)14-7-13(17(18,19)20)9-22-15(14)27(3,25)26/h4-9H,1,10H2,2-3H3. The van der Waals surface area contributed by atoms with E-state index < -0.39 is 38.2 Å². The van der Waals surface area contributed by atoms with Crippen molar-refractivity contribution < 1.29 is 26.4 Å². The van der Waals surface area contributed by atoms with Crippen LogP contribution in [0.2, 0.25) is 0 Å². The quantitative estimate of drug-likeness (QED) is 0.722. The molecule has 0 saturated heterocycles.